The van der Waals surface area contributed by atoms with Gasteiger partial charge in [-0.05, 0) is 51.4 Å². The summed E-state index contributed by atoms with van der Waals surface area (Å²) >= 11 is 0. The summed E-state index contributed by atoms with van der Waals surface area (Å²) in [6, 6.07) is 0. The van der Waals surface area contributed by atoms with E-state index in [2.05, 4.69) is 66.3 Å². The van der Waals surface area contributed by atoms with Gasteiger partial charge in [-0.1, -0.05) is 73.3 Å². The summed E-state index contributed by atoms with van der Waals surface area (Å²) in [5.41, 5.74) is 2.52. The van der Waals surface area contributed by atoms with Crippen LogP contribution in [0.5, 0.6) is 0 Å². The summed E-state index contributed by atoms with van der Waals surface area (Å²) < 4.78 is 23.5. The van der Waals surface area contributed by atoms with Crippen molar-refractivity contribution in [2.75, 3.05) is 6.61 Å². The van der Waals surface area contributed by atoms with Gasteiger partial charge in [0.15, 0.2) is 0 Å². The van der Waals surface area contributed by atoms with Gasteiger partial charge in [0.05, 0.1) is 31.0 Å². The standard InChI is InChI=1S/C30H43O5P/c1-22-16-17-32-27(19-22)12-4-9-26-10-6-14-29(35-36)21-24(3)18-23(2)20-28-13-5-8-25(33-28)11-7-15-30(31)34-26/h4-8,12,14-16,23,25-29H,3,9-11,13,17-21,36H2,1-2H3/b12-4+,14-6-,15-7-. The fourth-order valence-electron chi connectivity index (χ4n) is 4.93. The van der Waals surface area contributed by atoms with Crippen molar-refractivity contribution in [1.29, 1.82) is 0 Å². The summed E-state index contributed by atoms with van der Waals surface area (Å²) in [5.74, 6) is 0.157. The van der Waals surface area contributed by atoms with Crippen molar-refractivity contribution in [2.24, 2.45) is 5.92 Å². The fraction of sp³-hybridized carbons (Fsp3) is 0.567. The number of esters is 1. The van der Waals surface area contributed by atoms with Crippen LogP contribution in [0, 0.1) is 5.92 Å². The van der Waals surface area contributed by atoms with E-state index in [4.69, 9.17) is 18.7 Å². The molecule has 0 amide bonds. The molecule has 0 saturated carbocycles. The third-order valence-corrected chi connectivity index (χ3v) is 7.10. The van der Waals surface area contributed by atoms with Gasteiger partial charge >= 0.3 is 5.97 Å². The van der Waals surface area contributed by atoms with Crippen molar-refractivity contribution in [2.45, 2.75) is 95.7 Å². The molecule has 0 N–H and O–H groups in total. The van der Waals surface area contributed by atoms with Crippen LogP contribution >= 0.6 is 9.47 Å². The molecule has 198 valence electrons. The van der Waals surface area contributed by atoms with Gasteiger partial charge in [0, 0.05) is 28.4 Å². The smallest absolute Gasteiger partial charge is 0.330 e. The molecule has 3 aliphatic heterocycles. The minimum atomic E-state index is -0.326. The van der Waals surface area contributed by atoms with Crippen molar-refractivity contribution in [1.82, 2.24) is 0 Å². The molecular formula is C30H43O5P. The molecule has 0 aromatic carbocycles. The molecule has 7 unspecified atom stereocenters. The predicted octanol–water partition coefficient (Wildman–Crippen LogP) is 6.74. The van der Waals surface area contributed by atoms with E-state index in [0.717, 1.165) is 32.1 Å². The lowest BCUT2D eigenvalue weighted by atomic mass is 9.91. The van der Waals surface area contributed by atoms with Crippen LogP contribution in [0.2, 0.25) is 0 Å². The zero-order valence-electron chi connectivity index (χ0n) is 21.8. The molecule has 36 heavy (non-hydrogen) atoms. The van der Waals surface area contributed by atoms with Crippen LogP contribution < -0.4 is 0 Å². The SMILES string of the molecule is C=C1CC(C)CC2CC=CC(C/C=C\C(=O)OC(C/C=C/C3CC(C)=CCO3)C/C=C\C(OP)C1)O2. The van der Waals surface area contributed by atoms with Gasteiger partial charge in [-0.3, -0.25) is 0 Å². The zero-order valence-corrected chi connectivity index (χ0v) is 23.0. The van der Waals surface area contributed by atoms with Crippen LogP contribution in [0.15, 0.2) is 72.4 Å². The van der Waals surface area contributed by atoms with E-state index >= 15 is 0 Å². The van der Waals surface area contributed by atoms with Crippen molar-refractivity contribution < 1.29 is 23.5 Å². The van der Waals surface area contributed by atoms with E-state index < -0.39 is 0 Å². The molecule has 5 nitrogen and oxygen atoms in total. The quantitative estimate of drug-likeness (QED) is 0.236. The third-order valence-electron chi connectivity index (χ3n) is 6.75. The van der Waals surface area contributed by atoms with Gasteiger partial charge in [0.1, 0.15) is 6.10 Å². The van der Waals surface area contributed by atoms with E-state index in [1.165, 1.54) is 17.2 Å². The van der Waals surface area contributed by atoms with E-state index in [9.17, 15) is 4.79 Å². The first kappa shape index (κ1) is 28.8. The van der Waals surface area contributed by atoms with Gasteiger partial charge in [-0.25, -0.2) is 4.79 Å². The van der Waals surface area contributed by atoms with Crippen molar-refractivity contribution >= 4 is 15.4 Å². The highest BCUT2D eigenvalue weighted by atomic mass is 31.0. The highest BCUT2D eigenvalue weighted by molar-refractivity contribution is 7.09. The van der Waals surface area contributed by atoms with Crippen molar-refractivity contribution in [3.63, 3.8) is 0 Å². The van der Waals surface area contributed by atoms with Crippen LogP contribution in [0.1, 0.15) is 65.2 Å². The minimum absolute atomic E-state index is 0.00774. The maximum Gasteiger partial charge on any atom is 0.330 e. The Balaban J connectivity index is 1.67. The lowest BCUT2D eigenvalue weighted by Gasteiger charge is -2.28. The summed E-state index contributed by atoms with van der Waals surface area (Å²) in [4.78, 5) is 12.6. The van der Waals surface area contributed by atoms with E-state index in [0.29, 0.717) is 31.8 Å². The first-order valence-electron chi connectivity index (χ1n) is 13.2. The van der Waals surface area contributed by atoms with Gasteiger partial charge in [-0.15, -0.1) is 0 Å². The number of fused-ring (bicyclic) bond motifs is 2. The van der Waals surface area contributed by atoms with Gasteiger partial charge < -0.3 is 18.7 Å². The lowest BCUT2D eigenvalue weighted by Crippen LogP contribution is -2.25. The molecule has 0 radical (unpaired) electrons. The van der Waals surface area contributed by atoms with Gasteiger partial charge in [0.25, 0.3) is 0 Å². The molecule has 0 aliphatic carbocycles. The zero-order chi connectivity index (χ0) is 25.8. The topological polar surface area (TPSA) is 54.0 Å². The summed E-state index contributed by atoms with van der Waals surface area (Å²) in [5, 5.41) is 0. The second kappa shape index (κ2) is 15.5. The molecular weight excluding hydrogens is 471 g/mol. The third kappa shape index (κ3) is 10.7. The number of carbonyl (C=O) groups excluding carboxylic acids is 1. The van der Waals surface area contributed by atoms with E-state index in [1.807, 2.05) is 12.2 Å². The van der Waals surface area contributed by atoms with Crippen LogP contribution in [-0.4, -0.2) is 43.1 Å². The molecule has 0 aromatic heterocycles. The Labute approximate surface area is 219 Å². The Hall–Kier alpha value is -1.78. The Bertz CT molecular complexity index is 871. The number of carbonyl (C=O) groups is 1. The van der Waals surface area contributed by atoms with Crippen LogP contribution in [0.25, 0.3) is 0 Å². The maximum atomic E-state index is 12.6. The van der Waals surface area contributed by atoms with Crippen LogP contribution in [0.4, 0.5) is 0 Å². The molecule has 3 heterocycles. The molecule has 6 heteroatoms. The van der Waals surface area contributed by atoms with Crippen LogP contribution in [0.3, 0.4) is 0 Å². The Morgan fingerprint density at radius 1 is 1.14 bits per heavy atom. The number of ether oxygens (including phenoxy) is 3. The highest BCUT2D eigenvalue weighted by Gasteiger charge is 2.21. The number of cyclic esters (lactones) is 1. The normalized spacial score (nSPS) is 34.9. The molecule has 0 fully saturated rings. The van der Waals surface area contributed by atoms with Gasteiger partial charge in [-0.2, -0.15) is 0 Å². The van der Waals surface area contributed by atoms with Crippen molar-refractivity contribution in [3.05, 3.63) is 72.4 Å². The molecule has 0 aromatic rings. The number of hydrogen-bond acceptors (Lipinski definition) is 5. The molecule has 3 aliphatic rings. The first-order chi connectivity index (χ1) is 17.4. The number of rotatable bonds is 4. The Morgan fingerprint density at radius 3 is 2.78 bits per heavy atom. The van der Waals surface area contributed by atoms with Crippen LogP contribution in [-0.2, 0) is 23.5 Å². The lowest BCUT2D eigenvalue weighted by molar-refractivity contribution is -0.142. The highest BCUT2D eigenvalue weighted by Crippen LogP contribution is 2.26. The average Bonchev–Trinajstić information content (AvgIpc) is 2.83. The Morgan fingerprint density at radius 2 is 1.97 bits per heavy atom. The Kier molecular flexibility index (Phi) is 12.4. The second-order valence-corrected chi connectivity index (χ2v) is 10.6. The molecule has 7 atom stereocenters. The fourth-order valence-corrected chi connectivity index (χ4v) is 5.11. The van der Waals surface area contributed by atoms with Crippen molar-refractivity contribution in [3.8, 4) is 0 Å². The molecule has 3 rings (SSSR count). The molecule has 2 bridgehead atoms. The molecule has 0 spiro atoms. The monoisotopic (exact) mass is 514 g/mol. The first-order valence-corrected chi connectivity index (χ1v) is 13.7. The second-order valence-electron chi connectivity index (χ2n) is 10.3. The van der Waals surface area contributed by atoms with E-state index in [-0.39, 0.29) is 36.5 Å². The van der Waals surface area contributed by atoms with E-state index in [1.54, 1.807) is 0 Å². The maximum absolute atomic E-state index is 12.6. The largest absolute Gasteiger partial charge is 0.459 e. The average molecular weight is 515 g/mol. The number of hydrogen-bond donors (Lipinski definition) is 0. The summed E-state index contributed by atoms with van der Waals surface area (Å²) in [7, 11) is 2.37. The summed E-state index contributed by atoms with van der Waals surface area (Å²) in [6.45, 7) is 9.34. The molecule has 0 saturated heterocycles. The summed E-state index contributed by atoms with van der Waals surface area (Å²) in [6.07, 6.45) is 24.4. The minimum Gasteiger partial charge on any atom is -0.459 e. The van der Waals surface area contributed by atoms with Gasteiger partial charge in [0.2, 0.25) is 0 Å². The predicted molar refractivity (Wildman–Crippen MR) is 148 cm³/mol.